The lowest BCUT2D eigenvalue weighted by molar-refractivity contribution is 0.341. The van der Waals surface area contributed by atoms with E-state index in [9.17, 15) is 0 Å². The normalized spacial score (nSPS) is 20.6. The van der Waals surface area contributed by atoms with Crippen LogP contribution in [0, 0.1) is 0 Å². The summed E-state index contributed by atoms with van der Waals surface area (Å²) in [6.45, 7) is 6.04. The van der Waals surface area contributed by atoms with Crippen molar-refractivity contribution in [2.75, 3.05) is 18.5 Å². The van der Waals surface area contributed by atoms with Gasteiger partial charge in [0, 0.05) is 17.1 Å². The molecule has 1 aromatic carbocycles. The summed E-state index contributed by atoms with van der Waals surface area (Å²) >= 11 is 6.11. The number of halogens is 1. The van der Waals surface area contributed by atoms with Crippen LogP contribution in [-0.4, -0.2) is 25.2 Å². The fraction of sp³-hybridized carbons (Fsp3) is 0.647. The molecule has 118 valence electrons. The molecular weight excluding hydrogens is 284 g/mol. The number of benzene rings is 1. The molecule has 1 aliphatic heterocycles. The van der Waals surface area contributed by atoms with Gasteiger partial charge in [0.25, 0.3) is 0 Å². The molecule has 0 bridgehead atoms. The molecule has 0 saturated carbocycles. The molecule has 0 radical (unpaired) electrons. The van der Waals surface area contributed by atoms with Crippen molar-refractivity contribution in [1.29, 1.82) is 0 Å². The van der Waals surface area contributed by atoms with Crippen molar-refractivity contribution in [2.24, 2.45) is 0 Å². The molecule has 2 rings (SSSR count). The first kappa shape index (κ1) is 16.4. The highest BCUT2D eigenvalue weighted by molar-refractivity contribution is 6.30. The predicted molar refractivity (Wildman–Crippen MR) is 90.6 cm³/mol. The van der Waals surface area contributed by atoms with Gasteiger partial charge in [-0.3, -0.25) is 0 Å². The number of anilines is 1. The largest absolute Gasteiger partial charge is 0.492 e. The van der Waals surface area contributed by atoms with Gasteiger partial charge < -0.3 is 15.4 Å². The maximum absolute atomic E-state index is 6.11. The summed E-state index contributed by atoms with van der Waals surface area (Å²) in [5.41, 5.74) is 0.991. The quantitative estimate of drug-likeness (QED) is 0.814. The fourth-order valence-electron chi connectivity index (χ4n) is 2.95. The molecule has 1 aliphatic rings. The van der Waals surface area contributed by atoms with Crippen LogP contribution in [0.2, 0.25) is 5.02 Å². The molecule has 1 heterocycles. The monoisotopic (exact) mass is 310 g/mol. The van der Waals surface area contributed by atoms with Crippen LogP contribution in [0.5, 0.6) is 5.75 Å². The van der Waals surface area contributed by atoms with E-state index in [1.165, 1.54) is 25.7 Å². The van der Waals surface area contributed by atoms with Crippen molar-refractivity contribution in [3.05, 3.63) is 23.2 Å². The Kier molecular flexibility index (Phi) is 6.65. The van der Waals surface area contributed by atoms with Crippen LogP contribution in [-0.2, 0) is 0 Å². The summed E-state index contributed by atoms with van der Waals surface area (Å²) in [6, 6.07) is 6.76. The van der Waals surface area contributed by atoms with Crippen molar-refractivity contribution >= 4 is 17.3 Å². The highest BCUT2D eigenvalue weighted by Crippen LogP contribution is 2.29. The SMILES string of the molecule is CCOc1ccc(Cl)cc1NC(C)CC1CCCCCN1. The van der Waals surface area contributed by atoms with Gasteiger partial charge in [0.15, 0.2) is 0 Å². The van der Waals surface area contributed by atoms with E-state index in [2.05, 4.69) is 17.6 Å². The lowest BCUT2D eigenvalue weighted by Crippen LogP contribution is -2.33. The van der Waals surface area contributed by atoms with Crippen LogP contribution in [0.15, 0.2) is 18.2 Å². The van der Waals surface area contributed by atoms with E-state index < -0.39 is 0 Å². The molecule has 0 aromatic heterocycles. The molecule has 0 spiro atoms. The van der Waals surface area contributed by atoms with Crippen LogP contribution in [0.1, 0.15) is 46.0 Å². The fourth-order valence-corrected chi connectivity index (χ4v) is 3.12. The highest BCUT2D eigenvalue weighted by Gasteiger charge is 2.16. The smallest absolute Gasteiger partial charge is 0.142 e. The Morgan fingerprint density at radius 3 is 3.05 bits per heavy atom. The number of nitrogens with one attached hydrogen (secondary N) is 2. The summed E-state index contributed by atoms with van der Waals surface area (Å²) in [5, 5.41) is 7.94. The summed E-state index contributed by atoms with van der Waals surface area (Å²) in [5.74, 6) is 0.877. The second-order valence-corrected chi connectivity index (χ2v) is 6.29. The van der Waals surface area contributed by atoms with Gasteiger partial charge >= 0.3 is 0 Å². The summed E-state index contributed by atoms with van der Waals surface area (Å²) in [6.07, 6.45) is 6.40. The molecule has 3 nitrogen and oxygen atoms in total. The lowest BCUT2D eigenvalue weighted by Gasteiger charge is -2.23. The number of hydrogen-bond acceptors (Lipinski definition) is 3. The Bertz CT molecular complexity index is 431. The topological polar surface area (TPSA) is 33.3 Å². The van der Waals surface area contributed by atoms with Gasteiger partial charge in [-0.1, -0.05) is 24.4 Å². The van der Waals surface area contributed by atoms with E-state index in [4.69, 9.17) is 16.3 Å². The third-order valence-corrected chi connectivity index (χ3v) is 4.18. The molecule has 1 saturated heterocycles. The third-order valence-electron chi connectivity index (χ3n) is 3.94. The van der Waals surface area contributed by atoms with Crippen molar-refractivity contribution in [1.82, 2.24) is 5.32 Å². The Morgan fingerprint density at radius 2 is 2.24 bits per heavy atom. The van der Waals surface area contributed by atoms with Gasteiger partial charge in [0.1, 0.15) is 5.75 Å². The van der Waals surface area contributed by atoms with Gasteiger partial charge in [0.2, 0.25) is 0 Å². The van der Waals surface area contributed by atoms with Gasteiger partial charge in [-0.05, 0) is 57.9 Å². The first-order chi connectivity index (χ1) is 10.2. The Balaban J connectivity index is 1.94. The van der Waals surface area contributed by atoms with Gasteiger partial charge in [-0.25, -0.2) is 0 Å². The zero-order valence-electron chi connectivity index (χ0n) is 13.1. The van der Waals surface area contributed by atoms with E-state index in [0.717, 1.165) is 29.4 Å². The molecule has 21 heavy (non-hydrogen) atoms. The highest BCUT2D eigenvalue weighted by atomic mass is 35.5. The number of ether oxygens (including phenoxy) is 1. The average molecular weight is 311 g/mol. The molecule has 4 heteroatoms. The maximum Gasteiger partial charge on any atom is 0.142 e. The molecule has 0 aliphatic carbocycles. The molecule has 2 N–H and O–H groups in total. The van der Waals surface area contributed by atoms with Crippen molar-refractivity contribution in [3.8, 4) is 5.75 Å². The van der Waals surface area contributed by atoms with E-state index in [1.54, 1.807) is 0 Å². The van der Waals surface area contributed by atoms with E-state index in [1.807, 2.05) is 25.1 Å². The van der Waals surface area contributed by atoms with Crippen molar-refractivity contribution in [2.45, 2.75) is 58.0 Å². The molecule has 2 unspecified atom stereocenters. The first-order valence-corrected chi connectivity index (χ1v) is 8.49. The van der Waals surface area contributed by atoms with E-state index >= 15 is 0 Å². The van der Waals surface area contributed by atoms with Crippen molar-refractivity contribution < 1.29 is 4.74 Å². The molecule has 0 amide bonds. The zero-order valence-corrected chi connectivity index (χ0v) is 13.9. The zero-order chi connectivity index (χ0) is 15.1. The van der Waals surface area contributed by atoms with Crippen LogP contribution < -0.4 is 15.4 Å². The standard InChI is InChI=1S/C17H27ClN2O/c1-3-21-17-9-8-14(18)12-16(17)20-13(2)11-15-7-5-4-6-10-19-15/h8-9,12-13,15,19-20H,3-7,10-11H2,1-2H3. The van der Waals surface area contributed by atoms with Crippen LogP contribution in [0.4, 0.5) is 5.69 Å². The molecule has 1 aromatic rings. The first-order valence-electron chi connectivity index (χ1n) is 8.11. The molecule has 1 fully saturated rings. The van der Waals surface area contributed by atoms with Gasteiger partial charge in [-0.15, -0.1) is 0 Å². The minimum atomic E-state index is 0.387. The average Bonchev–Trinajstić information content (AvgIpc) is 2.70. The minimum absolute atomic E-state index is 0.387. The van der Waals surface area contributed by atoms with Crippen molar-refractivity contribution in [3.63, 3.8) is 0 Å². The van der Waals surface area contributed by atoms with Crippen LogP contribution >= 0.6 is 11.6 Å². The number of rotatable bonds is 6. The van der Waals surface area contributed by atoms with Crippen LogP contribution in [0.25, 0.3) is 0 Å². The number of hydrogen-bond donors (Lipinski definition) is 2. The summed E-state index contributed by atoms with van der Waals surface area (Å²) in [4.78, 5) is 0. The Morgan fingerprint density at radius 1 is 1.38 bits per heavy atom. The summed E-state index contributed by atoms with van der Waals surface area (Å²) in [7, 11) is 0. The maximum atomic E-state index is 6.11. The predicted octanol–water partition coefficient (Wildman–Crippen LogP) is 4.46. The third kappa shape index (κ3) is 5.40. The summed E-state index contributed by atoms with van der Waals surface area (Å²) < 4.78 is 5.67. The lowest BCUT2D eigenvalue weighted by atomic mass is 10.0. The van der Waals surface area contributed by atoms with Gasteiger partial charge in [0.05, 0.1) is 12.3 Å². The second-order valence-electron chi connectivity index (χ2n) is 5.85. The van der Waals surface area contributed by atoms with Gasteiger partial charge in [-0.2, -0.15) is 0 Å². The Labute approximate surface area is 133 Å². The molecule has 2 atom stereocenters. The van der Waals surface area contributed by atoms with Crippen LogP contribution in [0.3, 0.4) is 0 Å². The Hall–Kier alpha value is -0.930. The molecular formula is C17H27ClN2O. The second kappa shape index (κ2) is 8.50. The minimum Gasteiger partial charge on any atom is -0.492 e. The van der Waals surface area contributed by atoms with E-state index in [-0.39, 0.29) is 0 Å². The van der Waals surface area contributed by atoms with E-state index in [0.29, 0.717) is 18.7 Å².